The summed E-state index contributed by atoms with van der Waals surface area (Å²) in [5, 5.41) is 2.95. The molecular weight excluding hydrogens is 346 g/mol. The van der Waals surface area contributed by atoms with E-state index in [1.807, 2.05) is 0 Å². The van der Waals surface area contributed by atoms with E-state index in [4.69, 9.17) is 4.42 Å². The van der Waals surface area contributed by atoms with Gasteiger partial charge in [0.05, 0.1) is 17.8 Å². The van der Waals surface area contributed by atoms with Gasteiger partial charge in [-0.15, -0.1) is 0 Å². The van der Waals surface area contributed by atoms with Gasteiger partial charge in [-0.3, -0.25) is 4.79 Å². The normalized spacial score (nSPS) is 23.4. The number of hydrogen-bond acceptors (Lipinski definition) is 5. The molecule has 2 fully saturated rings. The Balaban J connectivity index is 1.47. The molecule has 1 atom stereocenters. The molecule has 2 saturated heterocycles. The van der Waals surface area contributed by atoms with Crippen LogP contribution in [0, 0.1) is 0 Å². The summed E-state index contributed by atoms with van der Waals surface area (Å²) < 4.78 is 28.2. The average Bonchev–Trinajstić information content (AvgIpc) is 3.23. The summed E-state index contributed by atoms with van der Waals surface area (Å²) in [7, 11) is -1.38. The lowest BCUT2D eigenvalue weighted by Crippen LogP contribution is -2.51. The van der Waals surface area contributed by atoms with Gasteiger partial charge < -0.3 is 19.5 Å². The number of nitrogens with one attached hydrogen (secondary N) is 1. The third-order valence-electron chi connectivity index (χ3n) is 4.92. The van der Waals surface area contributed by atoms with Gasteiger partial charge in [-0.1, -0.05) is 0 Å². The summed E-state index contributed by atoms with van der Waals surface area (Å²) in [6.07, 6.45) is 3.28. The quantitative estimate of drug-likeness (QED) is 0.846. The molecule has 0 bridgehead atoms. The average molecular weight is 369 g/mol. The Morgan fingerprint density at radius 2 is 2.00 bits per heavy atom. The van der Waals surface area contributed by atoms with E-state index in [1.165, 1.54) is 11.2 Å². The maximum absolute atomic E-state index is 12.3. The third-order valence-corrected chi connectivity index (χ3v) is 6.67. The SMILES string of the molecule is CN(C(=O)NC1CCN(C(=O)c2ccco2)CC1)[C@H]1CCS(=O)(=O)C1. The van der Waals surface area contributed by atoms with E-state index >= 15 is 0 Å². The van der Waals surface area contributed by atoms with Crippen LogP contribution in [0.4, 0.5) is 4.79 Å². The summed E-state index contributed by atoms with van der Waals surface area (Å²) >= 11 is 0. The number of likely N-dealkylation sites (tertiary alicyclic amines) is 1. The molecule has 25 heavy (non-hydrogen) atoms. The van der Waals surface area contributed by atoms with Crippen molar-refractivity contribution in [3.63, 3.8) is 0 Å². The summed E-state index contributed by atoms with van der Waals surface area (Å²) in [5.74, 6) is 0.364. The maximum atomic E-state index is 12.3. The highest BCUT2D eigenvalue weighted by molar-refractivity contribution is 7.91. The largest absolute Gasteiger partial charge is 0.459 e. The van der Waals surface area contributed by atoms with Crippen LogP contribution >= 0.6 is 0 Å². The first-order valence-electron chi connectivity index (χ1n) is 8.42. The zero-order chi connectivity index (χ0) is 18.0. The number of piperidine rings is 1. The van der Waals surface area contributed by atoms with Crippen LogP contribution in [0.3, 0.4) is 0 Å². The molecule has 0 saturated carbocycles. The van der Waals surface area contributed by atoms with Crippen molar-refractivity contribution in [2.45, 2.75) is 31.3 Å². The van der Waals surface area contributed by atoms with Gasteiger partial charge in [0, 0.05) is 32.2 Å². The van der Waals surface area contributed by atoms with E-state index in [0.717, 1.165) is 0 Å². The van der Waals surface area contributed by atoms with Crippen LogP contribution in [0.5, 0.6) is 0 Å². The van der Waals surface area contributed by atoms with E-state index < -0.39 is 9.84 Å². The lowest BCUT2D eigenvalue weighted by molar-refractivity contribution is 0.0674. The molecule has 8 nitrogen and oxygen atoms in total. The first-order valence-corrected chi connectivity index (χ1v) is 10.2. The number of rotatable bonds is 3. The van der Waals surface area contributed by atoms with Crippen molar-refractivity contribution in [3.8, 4) is 0 Å². The number of carbonyl (C=O) groups excluding carboxylic acids is 2. The van der Waals surface area contributed by atoms with Gasteiger partial charge >= 0.3 is 6.03 Å². The molecule has 3 rings (SSSR count). The predicted molar refractivity (Wildman–Crippen MR) is 91.0 cm³/mol. The highest BCUT2D eigenvalue weighted by Gasteiger charge is 2.34. The van der Waals surface area contributed by atoms with E-state index in [9.17, 15) is 18.0 Å². The van der Waals surface area contributed by atoms with Crippen molar-refractivity contribution in [3.05, 3.63) is 24.2 Å². The zero-order valence-electron chi connectivity index (χ0n) is 14.2. The molecule has 1 aromatic rings. The monoisotopic (exact) mass is 369 g/mol. The Morgan fingerprint density at radius 3 is 2.56 bits per heavy atom. The topological polar surface area (TPSA) is 99.9 Å². The minimum Gasteiger partial charge on any atom is -0.459 e. The number of hydrogen-bond donors (Lipinski definition) is 1. The molecule has 0 unspecified atom stereocenters. The molecule has 9 heteroatoms. The highest BCUT2D eigenvalue weighted by atomic mass is 32.2. The maximum Gasteiger partial charge on any atom is 0.317 e. The fourth-order valence-electron chi connectivity index (χ4n) is 3.31. The number of amides is 3. The number of carbonyl (C=O) groups is 2. The lowest BCUT2D eigenvalue weighted by Gasteiger charge is -2.33. The summed E-state index contributed by atoms with van der Waals surface area (Å²) in [4.78, 5) is 27.8. The number of urea groups is 1. The van der Waals surface area contributed by atoms with E-state index in [0.29, 0.717) is 38.1 Å². The van der Waals surface area contributed by atoms with Crippen molar-refractivity contribution in [1.82, 2.24) is 15.1 Å². The minimum absolute atomic E-state index is 0.0198. The Labute approximate surface area is 147 Å². The minimum atomic E-state index is -3.02. The van der Waals surface area contributed by atoms with Gasteiger partial charge in [0.2, 0.25) is 0 Å². The van der Waals surface area contributed by atoms with Crippen molar-refractivity contribution in [2.75, 3.05) is 31.6 Å². The molecule has 3 heterocycles. The van der Waals surface area contributed by atoms with Crippen molar-refractivity contribution in [1.29, 1.82) is 0 Å². The number of furan rings is 1. The third kappa shape index (κ3) is 4.15. The molecule has 0 aliphatic carbocycles. The summed E-state index contributed by atoms with van der Waals surface area (Å²) in [6.45, 7) is 1.10. The zero-order valence-corrected chi connectivity index (χ0v) is 15.0. The fourth-order valence-corrected chi connectivity index (χ4v) is 5.08. The van der Waals surface area contributed by atoms with Crippen LogP contribution in [0.25, 0.3) is 0 Å². The Kier molecular flexibility index (Phi) is 5.03. The van der Waals surface area contributed by atoms with E-state index in [2.05, 4.69) is 5.32 Å². The number of nitrogens with zero attached hydrogens (tertiary/aromatic N) is 2. The summed E-state index contributed by atoms with van der Waals surface area (Å²) in [5.41, 5.74) is 0. The second-order valence-electron chi connectivity index (χ2n) is 6.66. The molecule has 3 amide bonds. The molecule has 0 spiro atoms. The van der Waals surface area contributed by atoms with Crippen LogP contribution < -0.4 is 5.32 Å². The fraction of sp³-hybridized carbons (Fsp3) is 0.625. The smallest absolute Gasteiger partial charge is 0.317 e. The van der Waals surface area contributed by atoms with Gasteiger partial charge in [-0.2, -0.15) is 0 Å². The van der Waals surface area contributed by atoms with Gasteiger partial charge in [-0.05, 0) is 31.4 Å². The van der Waals surface area contributed by atoms with E-state index in [1.54, 1.807) is 24.1 Å². The molecule has 2 aliphatic heterocycles. The van der Waals surface area contributed by atoms with Crippen molar-refractivity contribution < 1.29 is 22.4 Å². The number of sulfone groups is 1. The van der Waals surface area contributed by atoms with Crippen LogP contribution in [0.15, 0.2) is 22.8 Å². The lowest BCUT2D eigenvalue weighted by atomic mass is 10.0. The standard InChI is InChI=1S/C16H23N3O5S/c1-18(13-6-10-25(22,23)11-13)16(21)17-12-4-7-19(8-5-12)15(20)14-3-2-9-24-14/h2-3,9,12-13H,4-8,10-11H2,1H3,(H,17,21)/t13-/m0/s1. The second kappa shape index (κ2) is 7.07. The predicted octanol–water partition coefficient (Wildman–Crippen LogP) is 0.713. The van der Waals surface area contributed by atoms with Crippen LogP contribution in [0.2, 0.25) is 0 Å². The van der Waals surface area contributed by atoms with Crippen LogP contribution in [-0.2, 0) is 9.84 Å². The first-order chi connectivity index (χ1) is 11.9. The first kappa shape index (κ1) is 17.8. The van der Waals surface area contributed by atoms with Crippen molar-refractivity contribution in [2.24, 2.45) is 0 Å². The molecule has 2 aliphatic rings. The molecule has 0 radical (unpaired) electrons. The van der Waals surface area contributed by atoms with Gasteiger partial charge in [-0.25, -0.2) is 13.2 Å². The molecule has 1 N–H and O–H groups in total. The van der Waals surface area contributed by atoms with Crippen molar-refractivity contribution >= 4 is 21.8 Å². The van der Waals surface area contributed by atoms with Gasteiger partial charge in [0.1, 0.15) is 0 Å². The van der Waals surface area contributed by atoms with Crippen LogP contribution in [0.1, 0.15) is 29.8 Å². The van der Waals surface area contributed by atoms with Gasteiger partial charge in [0.15, 0.2) is 15.6 Å². The molecule has 0 aromatic carbocycles. The van der Waals surface area contributed by atoms with E-state index in [-0.39, 0.29) is 35.5 Å². The Hall–Kier alpha value is -2.03. The van der Waals surface area contributed by atoms with Crippen LogP contribution in [-0.4, -0.2) is 73.9 Å². The highest BCUT2D eigenvalue weighted by Crippen LogP contribution is 2.18. The Morgan fingerprint density at radius 1 is 1.28 bits per heavy atom. The molecular formula is C16H23N3O5S. The molecule has 138 valence electrons. The second-order valence-corrected chi connectivity index (χ2v) is 8.89. The molecule has 1 aromatic heterocycles. The Bertz CT molecular complexity index is 723. The summed E-state index contributed by atoms with van der Waals surface area (Å²) in [6, 6.07) is 2.79. The van der Waals surface area contributed by atoms with Gasteiger partial charge in [0.25, 0.3) is 5.91 Å².